The lowest BCUT2D eigenvalue weighted by Crippen LogP contribution is -1.99. The summed E-state index contributed by atoms with van der Waals surface area (Å²) in [6, 6.07) is 0.259. The van der Waals surface area contributed by atoms with E-state index in [0.717, 1.165) is 31.1 Å². The Kier molecular flexibility index (Phi) is 1.77. The van der Waals surface area contributed by atoms with Gasteiger partial charge in [0.1, 0.15) is 5.76 Å². The van der Waals surface area contributed by atoms with Crippen LogP contribution in [0.1, 0.15) is 23.8 Å². The van der Waals surface area contributed by atoms with Gasteiger partial charge in [0.2, 0.25) is 0 Å². The highest BCUT2D eigenvalue weighted by molar-refractivity contribution is 5.22. The summed E-state index contributed by atoms with van der Waals surface area (Å²) in [5.74, 6) is 1.20. The van der Waals surface area contributed by atoms with Crippen LogP contribution in [-0.2, 0) is 4.74 Å². The third kappa shape index (κ3) is 1.18. The zero-order valence-electron chi connectivity index (χ0n) is 7.04. The van der Waals surface area contributed by atoms with Gasteiger partial charge in [0.25, 0.3) is 6.01 Å². The number of hydrogen-bond donors (Lipinski definition) is 1. The molecule has 1 fully saturated rings. The van der Waals surface area contributed by atoms with Gasteiger partial charge in [-0.3, -0.25) is 0 Å². The predicted octanol–water partition coefficient (Wildman–Crippen LogP) is 1.07. The van der Waals surface area contributed by atoms with E-state index >= 15 is 0 Å². The standard InChI is InChI=1S/C8H12N2O2/c1-5-7(10-8(9)12-5)6-2-3-11-4-6/h6H,2-4H2,1H3,(H2,9,10). The lowest BCUT2D eigenvalue weighted by molar-refractivity contribution is 0.193. The Morgan fingerprint density at radius 2 is 2.42 bits per heavy atom. The molecule has 1 aliphatic rings. The lowest BCUT2D eigenvalue weighted by Gasteiger charge is -2.01. The van der Waals surface area contributed by atoms with Crippen LogP contribution in [0.2, 0.25) is 0 Å². The second kappa shape index (κ2) is 2.79. The number of aromatic nitrogens is 1. The maximum absolute atomic E-state index is 5.43. The molecule has 12 heavy (non-hydrogen) atoms. The Morgan fingerprint density at radius 3 is 2.92 bits per heavy atom. The van der Waals surface area contributed by atoms with E-state index in [4.69, 9.17) is 14.9 Å². The van der Waals surface area contributed by atoms with Crippen LogP contribution in [0.5, 0.6) is 0 Å². The van der Waals surface area contributed by atoms with E-state index in [-0.39, 0.29) is 6.01 Å². The molecule has 0 amide bonds. The summed E-state index contributed by atoms with van der Waals surface area (Å²) in [6.45, 7) is 3.45. The van der Waals surface area contributed by atoms with Gasteiger partial charge in [-0.2, -0.15) is 4.98 Å². The Bertz CT molecular complexity index is 277. The fraction of sp³-hybridized carbons (Fsp3) is 0.625. The Hall–Kier alpha value is -1.03. The van der Waals surface area contributed by atoms with Gasteiger partial charge in [0.15, 0.2) is 0 Å². The predicted molar refractivity (Wildman–Crippen MR) is 43.8 cm³/mol. The molecule has 1 saturated heterocycles. The van der Waals surface area contributed by atoms with Crippen molar-refractivity contribution in [2.45, 2.75) is 19.3 Å². The minimum atomic E-state index is 0.259. The molecule has 4 nitrogen and oxygen atoms in total. The van der Waals surface area contributed by atoms with Crippen LogP contribution in [0.4, 0.5) is 6.01 Å². The maximum atomic E-state index is 5.43. The van der Waals surface area contributed by atoms with E-state index in [0.29, 0.717) is 5.92 Å². The van der Waals surface area contributed by atoms with E-state index in [1.165, 1.54) is 0 Å². The molecule has 2 rings (SSSR count). The molecular formula is C8H12N2O2. The molecule has 1 aromatic rings. The van der Waals surface area contributed by atoms with E-state index in [1.54, 1.807) is 0 Å². The highest BCUT2D eigenvalue weighted by Gasteiger charge is 2.23. The maximum Gasteiger partial charge on any atom is 0.292 e. The van der Waals surface area contributed by atoms with Gasteiger partial charge in [0, 0.05) is 12.5 Å². The third-order valence-electron chi connectivity index (χ3n) is 2.17. The van der Waals surface area contributed by atoms with Crippen LogP contribution in [0.25, 0.3) is 0 Å². The average Bonchev–Trinajstić information content (AvgIpc) is 2.58. The molecule has 2 heterocycles. The van der Waals surface area contributed by atoms with Crippen molar-refractivity contribution < 1.29 is 9.15 Å². The van der Waals surface area contributed by atoms with Crippen LogP contribution in [0, 0.1) is 6.92 Å². The van der Waals surface area contributed by atoms with Gasteiger partial charge in [0.05, 0.1) is 12.3 Å². The number of ether oxygens (including phenoxy) is 1. The fourth-order valence-corrected chi connectivity index (χ4v) is 1.56. The summed E-state index contributed by atoms with van der Waals surface area (Å²) in [5.41, 5.74) is 6.39. The molecule has 0 radical (unpaired) electrons. The zero-order chi connectivity index (χ0) is 8.55. The summed E-state index contributed by atoms with van der Waals surface area (Å²) in [4.78, 5) is 4.12. The molecule has 1 aliphatic heterocycles. The largest absolute Gasteiger partial charge is 0.429 e. The third-order valence-corrected chi connectivity index (χ3v) is 2.17. The minimum absolute atomic E-state index is 0.259. The number of rotatable bonds is 1. The Labute approximate surface area is 70.7 Å². The lowest BCUT2D eigenvalue weighted by atomic mass is 10.0. The number of hydrogen-bond acceptors (Lipinski definition) is 4. The van der Waals surface area contributed by atoms with Crippen molar-refractivity contribution in [3.05, 3.63) is 11.5 Å². The quantitative estimate of drug-likeness (QED) is 0.681. The second-order valence-electron chi connectivity index (χ2n) is 3.05. The van der Waals surface area contributed by atoms with Crippen molar-refractivity contribution in [1.29, 1.82) is 0 Å². The smallest absolute Gasteiger partial charge is 0.292 e. The molecule has 0 aromatic carbocycles. The summed E-state index contributed by atoms with van der Waals surface area (Å²) in [6.07, 6.45) is 1.02. The topological polar surface area (TPSA) is 61.3 Å². The first-order valence-electron chi connectivity index (χ1n) is 4.08. The molecule has 1 unspecified atom stereocenters. The van der Waals surface area contributed by atoms with Crippen molar-refractivity contribution in [2.75, 3.05) is 18.9 Å². The summed E-state index contributed by atoms with van der Waals surface area (Å²) >= 11 is 0. The van der Waals surface area contributed by atoms with Crippen molar-refractivity contribution in [2.24, 2.45) is 0 Å². The first kappa shape index (κ1) is 7.61. The van der Waals surface area contributed by atoms with Crippen LogP contribution < -0.4 is 5.73 Å². The van der Waals surface area contributed by atoms with Crippen molar-refractivity contribution in [3.63, 3.8) is 0 Å². The number of nitrogen functional groups attached to an aromatic ring is 1. The molecule has 4 heteroatoms. The van der Waals surface area contributed by atoms with Crippen LogP contribution in [-0.4, -0.2) is 18.2 Å². The highest BCUT2D eigenvalue weighted by atomic mass is 16.5. The average molecular weight is 168 g/mol. The van der Waals surface area contributed by atoms with E-state index in [2.05, 4.69) is 4.98 Å². The SMILES string of the molecule is Cc1oc(N)nc1C1CCOC1. The number of nitrogens with two attached hydrogens (primary N) is 1. The number of anilines is 1. The van der Waals surface area contributed by atoms with E-state index in [9.17, 15) is 0 Å². The monoisotopic (exact) mass is 168 g/mol. The first-order chi connectivity index (χ1) is 5.77. The fourth-order valence-electron chi connectivity index (χ4n) is 1.56. The van der Waals surface area contributed by atoms with Crippen LogP contribution in [0.15, 0.2) is 4.42 Å². The van der Waals surface area contributed by atoms with E-state index in [1.807, 2.05) is 6.92 Å². The number of nitrogens with zero attached hydrogens (tertiary/aromatic N) is 1. The molecule has 0 spiro atoms. The molecule has 0 bridgehead atoms. The minimum Gasteiger partial charge on any atom is -0.429 e. The summed E-state index contributed by atoms with van der Waals surface area (Å²) in [5, 5.41) is 0. The van der Waals surface area contributed by atoms with Crippen molar-refractivity contribution in [3.8, 4) is 0 Å². The van der Waals surface area contributed by atoms with Gasteiger partial charge < -0.3 is 14.9 Å². The molecule has 1 aromatic heterocycles. The van der Waals surface area contributed by atoms with Gasteiger partial charge in [-0.1, -0.05) is 0 Å². The first-order valence-corrected chi connectivity index (χ1v) is 4.08. The van der Waals surface area contributed by atoms with Crippen molar-refractivity contribution in [1.82, 2.24) is 4.98 Å². The van der Waals surface area contributed by atoms with Gasteiger partial charge in [-0.15, -0.1) is 0 Å². The normalized spacial score (nSPS) is 23.2. The second-order valence-corrected chi connectivity index (χ2v) is 3.05. The Balaban J connectivity index is 2.25. The van der Waals surface area contributed by atoms with Crippen LogP contribution >= 0.6 is 0 Å². The van der Waals surface area contributed by atoms with Gasteiger partial charge in [-0.25, -0.2) is 0 Å². The van der Waals surface area contributed by atoms with E-state index < -0.39 is 0 Å². The number of oxazole rings is 1. The molecule has 0 aliphatic carbocycles. The van der Waals surface area contributed by atoms with Crippen LogP contribution in [0.3, 0.4) is 0 Å². The molecule has 1 atom stereocenters. The summed E-state index contributed by atoms with van der Waals surface area (Å²) < 4.78 is 10.4. The molecule has 2 N–H and O–H groups in total. The summed E-state index contributed by atoms with van der Waals surface area (Å²) in [7, 11) is 0. The zero-order valence-corrected chi connectivity index (χ0v) is 7.04. The van der Waals surface area contributed by atoms with Crippen molar-refractivity contribution >= 4 is 6.01 Å². The Morgan fingerprint density at radius 1 is 1.58 bits per heavy atom. The van der Waals surface area contributed by atoms with Gasteiger partial charge in [-0.05, 0) is 13.3 Å². The number of aryl methyl sites for hydroxylation is 1. The highest BCUT2D eigenvalue weighted by Crippen LogP contribution is 2.27. The molecular weight excluding hydrogens is 156 g/mol. The molecule has 66 valence electrons. The molecule has 0 saturated carbocycles. The van der Waals surface area contributed by atoms with Gasteiger partial charge >= 0.3 is 0 Å².